The fourth-order valence-electron chi connectivity index (χ4n) is 4.95. The summed E-state index contributed by atoms with van der Waals surface area (Å²) in [7, 11) is 0. The van der Waals surface area contributed by atoms with Crippen LogP contribution in [-0.2, 0) is 13.0 Å². The summed E-state index contributed by atoms with van der Waals surface area (Å²) in [6, 6.07) is 9.95. The Morgan fingerprint density at radius 2 is 1.82 bits per heavy atom. The van der Waals surface area contributed by atoms with Crippen molar-refractivity contribution >= 4 is 11.8 Å². The second kappa shape index (κ2) is 8.42. The number of benzene rings is 1. The van der Waals surface area contributed by atoms with Crippen LogP contribution < -0.4 is 5.32 Å². The molecule has 2 atom stereocenters. The Labute approximate surface area is 193 Å². The van der Waals surface area contributed by atoms with Gasteiger partial charge in [0.2, 0.25) is 0 Å². The van der Waals surface area contributed by atoms with E-state index in [2.05, 4.69) is 19.9 Å². The van der Waals surface area contributed by atoms with Crippen molar-refractivity contribution in [3.63, 3.8) is 0 Å². The van der Waals surface area contributed by atoms with Crippen molar-refractivity contribution in [2.24, 2.45) is 0 Å². The van der Waals surface area contributed by atoms with Crippen LogP contribution in [0.3, 0.4) is 0 Å². The molecule has 1 fully saturated rings. The van der Waals surface area contributed by atoms with Crippen molar-refractivity contribution in [2.75, 3.05) is 0 Å². The molecule has 1 saturated heterocycles. The van der Waals surface area contributed by atoms with E-state index in [0.717, 1.165) is 35.6 Å². The first-order valence-corrected chi connectivity index (χ1v) is 11.5. The van der Waals surface area contributed by atoms with E-state index in [9.17, 15) is 9.59 Å². The fourth-order valence-corrected chi connectivity index (χ4v) is 4.95. The molecule has 1 aromatic carbocycles. The summed E-state index contributed by atoms with van der Waals surface area (Å²) < 4.78 is 2.15. The Bertz CT molecular complexity index is 1190. The normalized spacial score (nSPS) is 19.3. The van der Waals surface area contributed by atoms with Gasteiger partial charge in [-0.1, -0.05) is 30.3 Å². The van der Waals surface area contributed by atoms with Gasteiger partial charge in [0, 0.05) is 36.8 Å². The van der Waals surface area contributed by atoms with Crippen LogP contribution in [0.1, 0.15) is 59.1 Å². The Hall–Kier alpha value is -3.55. The maximum atomic E-state index is 13.4. The number of imidazole rings is 1. The van der Waals surface area contributed by atoms with E-state index in [4.69, 9.17) is 4.98 Å². The third-order valence-electron chi connectivity index (χ3n) is 6.42. The number of carbonyl (C=O) groups is 2. The van der Waals surface area contributed by atoms with Crippen molar-refractivity contribution in [1.82, 2.24) is 29.7 Å². The lowest BCUT2D eigenvalue weighted by molar-refractivity contribution is 0.0659. The third-order valence-corrected chi connectivity index (χ3v) is 6.42. The fraction of sp³-hybridized carbons (Fsp3) is 0.400. The van der Waals surface area contributed by atoms with E-state index >= 15 is 0 Å². The molecule has 0 saturated carbocycles. The summed E-state index contributed by atoms with van der Waals surface area (Å²) in [5, 5.41) is 2.99. The summed E-state index contributed by atoms with van der Waals surface area (Å²) in [5.41, 5.74) is 3.45. The summed E-state index contributed by atoms with van der Waals surface area (Å²) >= 11 is 0. The Morgan fingerprint density at radius 1 is 1.06 bits per heavy atom. The van der Waals surface area contributed by atoms with Crippen LogP contribution in [0.2, 0.25) is 0 Å². The molecular weight excluding hydrogens is 416 g/mol. The highest BCUT2D eigenvalue weighted by Crippen LogP contribution is 2.36. The van der Waals surface area contributed by atoms with Crippen molar-refractivity contribution < 1.29 is 9.59 Å². The number of nitrogens with zero attached hydrogens (tertiary/aromatic N) is 5. The first-order chi connectivity index (χ1) is 15.9. The lowest BCUT2D eigenvalue weighted by Crippen LogP contribution is -2.42. The molecule has 2 amide bonds. The van der Waals surface area contributed by atoms with Crippen molar-refractivity contribution in [1.29, 1.82) is 0 Å². The van der Waals surface area contributed by atoms with Crippen LogP contribution in [-0.4, -0.2) is 54.4 Å². The largest absolute Gasteiger partial charge is 0.348 e. The maximum absolute atomic E-state index is 13.4. The molecule has 0 spiro atoms. The second-order valence-corrected chi connectivity index (χ2v) is 9.18. The molecule has 1 N–H and O–H groups in total. The number of hydrogen-bond donors (Lipinski definition) is 1. The van der Waals surface area contributed by atoms with Gasteiger partial charge in [-0.2, -0.15) is 0 Å². The van der Waals surface area contributed by atoms with E-state index in [1.54, 1.807) is 12.4 Å². The van der Waals surface area contributed by atoms with Crippen LogP contribution in [0.25, 0.3) is 11.4 Å². The number of nitrogens with one attached hydrogen (secondary N) is 1. The minimum absolute atomic E-state index is 0.00206. The molecule has 8 heteroatoms. The zero-order valence-corrected chi connectivity index (χ0v) is 19.2. The van der Waals surface area contributed by atoms with Gasteiger partial charge in [-0.3, -0.25) is 14.6 Å². The second-order valence-electron chi connectivity index (χ2n) is 9.18. The number of hydrogen-bond acceptors (Lipinski definition) is 5. The highest BCUT2D eigenvalue weighted by atomic mass is 16.2. The van der Waals surface area contributed by atoms with E-state index in [-0.39, 0.29) is 29.9 Å². The van der Waals surface area contributed by atoms with Crippen molar-refractivity contribution in [2.45, 2.75) is 64.7 Å². The predicted molar refractivity (Wildman–Crippen MR) is 124 cm³/mol. The zero-order valence-electron chi connectivity index (χ0n) is 19.2. The van der Waals surface area contributed by atoms with Gasteiger partial charge in [0.25, 0.3) is 11.8 Å². The van der Waals surface area contributed by atoms with Gasteiger partial charge in [-0.15, -0.1) is 0 Å². The molecule has 0 radical (unpaired) electrons. The molecule has 2 aromatic heterocycles. The topological polar surface area (TPSA) is 93.0 Å². The Balaban J connectivity index is 1.56. The number of carbonyl (C=O) groups excluding carboxylic acids is 2. The first kappa shape index (κ1) is 21.3. The third kappa shape index (κ3) is 3.90. The molecule has 33 heavy (non-hydrogen) atoms. The number of aromatic nitrogens is 4. The molecule has 8 nitrogen and oxygen atoms in total. The molecule has 3 aromatic rings. The first-order valence-electron chi connectivity index (χ1n) is 11.5. The van der Waals surface area contributed by atoms with Gasteiger partial charge < -0.3 is 14.8 Å². The van der Waals surface area contributed by atoms with Gasteiger partial charge in [-0.25, -0.2) is 9.97 Å². The molecule has 0 unspecified atom stereocenters. The standard InChI is InChI=1S/C25H28N6O2/c1-15(2)28-24(32)22-21-11-18-9-10-19(31(18)25(33)20-13-26-16(3)12-27-20)14-30(21)23(29-22)17-7-5-4-6-8-17/h4-8,12-13,15,18-19H,9-11,14H2,1-3H3,(H,28,32)/t18-,19+/m0/s1. The molecule has 5 rings (SSSR count). The van der Waals surface area contributed by atoms with Crippen molar-refractivity contribution in [3.05, 3.63) is 65.5 Å². The van der Waals surface area contributed by atoms with Crippen LogP contribution in [0, 0.1) is 6.92 Å². The van der Waals surface area contributed by atoms with Crippen LogP contribution in [0.15, 0.2) is 42.7 Å². The van der Waals surface area contributed by atoms with Gasteiger partial charge in [0.15, 0.2) is 0 Å². The van der Waals surface area contributed by atoms with Crippen molar-refractivity contribution in [3.8, 4) is 11.4 Å². The number of rotatable bonds is 4. The lowest BCUT2D eigenvalue weighted by Gasteiger charge is -2.27. The summed E-state index contributed by atoms with van der Waals surface area (Å²) in [4.78, 5) is 41.9. The van der Waals surface area contributed by atoms with Gasteiger partial charge >= 0.3 is 0 Å². The number of fused-ring (bicyclic) bond motifs is 3. The van der Waals surface area contributed by atoms with Crippen LogP contribution in [0.5, 0.6) is 0 Å². The molecule has 4 heterocycles. The number of amides is 2. The minimum Gasteiger partial charge on any atom is -0.348 e. The molecule has 2 bridgehead atoms. The molecule has 170 valence electrons. The smallest absolute Gasteiger partial charge is 0.274 e. The van der Waals surface area contributed by atoms with E-state index in [0.29, 0.717) is 24.4 Å². The molecule has 2 aliphatic heterocycles. The van der Waals surface area contributed by atoms with Crippen LogP contribution in [0.4, 0.5) is 0 Å². The quantitative estimate of drug-likeness (QED) is 0.668. The summed E-state index contributed by atoms with van der Waals surface area (Å²) in [6.07, 6.45) is 5.58. The highest BCUT2D eigenvalue weighted by Gasteiger charge is 2.43. The zero-order chi connectivity index (χ0) is 23.1. The highest BCUT2D eigenvalue weighted by molar-refractivity contribution is 5.95. The van der Waals surface area contributed by atoms with E-state index in [1.807, 2.05) is 56.0 Å². The summed E-state index contributed by atoms with van der Waals surface area (Å²) in [6.45, 7) is 6.33. The van der Waals surface area contributed by atoms with Gasteiger partial charge in [0.1, 0.15) is 17.2 Å². The molecule has 2 aliphatic rings. The van der Waals surface area contributed by atoms with E-state index in [1.165, 1.54) is 0 Å². The molecular formula is C25H28N6O2. The Kier molecular flexibility index (Phi) is 5.44. The number of aryl methyl sites for hydroxylation is 1. The minimum atomic E-state index is -0.170. The molecule has 0 aliphatic carbocycles. The van der Waals surface area contributed by atoms with Gasteiger partial charge in [-0.05, 0) is 33.6 Å². The monoisotopic (exact) mass is 444 g/mol. The average molecular weight is 445 g/mol. The summed E-state index contributed by atoms with van der Waals surface area (Å²) in [5.74, 6) is 0.508. The van der Waals surface area contributed by atoms with E-state index < -0.39 is 0 Å². The average Bonchev–Trinajstić information content (AvgIpc) is 3.30. The maximum Gasteiger partial charge on any atom is 0.274 e. The van der Waals surface area contributed by atoms with Gasteiger partial charge in [0.05, 0.1) is 23.6 Å². The lowest BCUT2D eigenvalue weighted by atomic mass is 10.0. The SMILES string of the molecule is Cc1cnc(C(=O)N2[C@@H]3CC[C@H]2Cc2c(C(=O)NC(C)C)nc(-c4ccccc4)n2C3)cn1. The predicted octanol–water partition coefficient (Wildman–Crippen LogP) is 3.02. The Morgan fingerprint density at radius 3 is 2.52 bits per heavy atom. The van der Waals surface area contributed by atoms with Crippen LogP contribution >= 0.6 is 0 Å².